The van der Waals surface area contributed by atoms with Gasteiger partial charge in [-0.2, -0.15) is 0 Å². The number of aliphatic imine (C=N–C) groups is 1. The molecule has 0 bridgehead atoms. The van der Waals surface area contributed by atoms with E-state index in [1.807, 2.05) is 24.3 Å². The predicted octanol–water partition coefficient (Wildman–Crippen LogP) is 2.13. The Balaban J connectivity index is 1.99. The standard InChI is InChI=1S/C23H37N5O2/c1-17-9-6-7-12-20(17)26-23(25-16-21(29)27(2)3)24-14-13-18-10-8-11-19(15-18)22(30)28(4)5/h8,10-11,15,17,20H,6-7,9,12-14,16H2,1-5H3,(H2,24,25,26). The van der Waals surface area contributed by atoms with Crippen molar-refractivity contribution in [3.63, 3.8) is 0 Å². The van der Waals surface area contributed by atoms with Gasteiger partial charge in [0.05, 0.1) is 0 Å². The first-order valence-corrected chi connectivity index (χ1v) is 10.8. The minimum atomic E-state index is -0.0253. The van der Waals surface area contributed by atoms with Gasteiger partial charge in [-0.1, -0.05) is 31.9 Å². The molecule has 2 rings (SSSR count). The van der Waals surface area contributed by atoms with Crippen LogP contribution in [0.4, 0.5) is 0 Å². The average Bonchev–Trinajstić information content (AvgIpc) is 2.72. The Morgan fingerprint density at radius 3 is 2.50 bits per heavy atom. The molecule has 1 aliphatic carbocycles. The molecule has 1 fully saturated rings. The molecule has 0 radical (unpaired) electrons. The van der Waals surface area contributed by atoms with Crippen molar-refractivity contribution in [2.24, 2.45) is 10.9 Å². The fraction of sp³-hybridized carbons (Fsp3) is 0.609. The summed E-state index contributed by atoms with van der Waals surface area (Å²) in [6.45, 7) is 3.06. The van der Waals surface area contributed by atoms with Crippen LogP contribution in [-0.4, -0.2) is 74.9 Å². The topological polar surface area (TPSA) is 77.0 Å². The van der Waals surface area contributed by atoms with Crippen molar-refractivity contribution >= 4 is 17.8 Å². The number of carbonyl (C=O) groups is 2. The zero-order chi connectivity index (χ0) is 22.1. The number of guanidine groups is 1. The molecule has 2 atom stereocenters. The van der Waals surface area contributed by atoms with Crippen LogP contribution in [0.15, 0.2) is 29.3 Å². The predicted molar refractivity (Wildman–Crippen MR) is 122 cm³/mol. The van der Waals surface area contributed by atoms with Gasteiger partial charge in [-0.25, -0.2) is 4.99 Å². The van der Waals surface area contributed by atoms with E-state index >= 15 is 0 Å². The second-order valence-corrected chi connectivity index (χ2v) is 8.54. The molecular formula is C23H37N5O2. The van der Waals surface area contributed by atoms with Gasteiger partial charge < -0.3 is 20.4 Å². The number of hydrogen-bond donors (Lipinski definition) is 2. The van der Waals surface area contributed by atoms with Gasteiger partial charge in [0.1, 0.15) is 6.54 Å². The summed E-state index contributed by atoms with van der Waals surface area (Å²) < 4.78 is 0. The molecule has 166 valence electrons. The largest absolute Gasteiger partial charge is 0.356 e. The van der Waals surface area contributed by atoms with Crippen LogP contribution < -0.4 is 10.6 Å². The van der Waals surface area contributed by atoms with Crippen LogP contribution in [0.1, 0.15) is 48.5 Å². The second-order valence-electron chi connectivity index (χ2n) is 8.54. The molecule has 0 aromatic heterocycles. The molecule has 2 N–H and O–H groups in total. The Kier molecular flexibility index (Phi) is 9.15. The maximum Gasteiger partial charge on any atom is 0.253 e. The first-order valence-electron chi connectivity index (χ1n) is 10.8. The van der Waals surface area contributed by atoms with Crippen molar-refractivity contribution in [2.45, 2.75) is 45.1 Å². The molecule has 7 heteroatoms. The lowest BCUT2D eigenvalue weighted by Gasteiger charge is -2.31. The van der Waals surface area contributed by atoms with E-state index in [0.29, 0.717) is 30.0 Å². The second kappa shape index (κ2) is 11.6. The van der Waals surface area contributed by atoms with Crippen molar-refractivity contribution in [1.29, 1.82) is 0 Å². The van der Waals surface area contributed by atoms with Crippen LogP contribution in [0.25, 0.3) is 0 Å². The highest BCUT2D eigenvalue weighted by atomic mass is 16.2. The molecule has 2 amide bonds. The van der Waals surface area contributed by atoms with Crippen LogP contribution in [0.3, 0.4) is 0 Å². The summed E-state index contributed by atoms with van der Waals surface area (Å²) in [4.78, 5) is 31.8. The number of carbonyl (C=O) groups excluding carboxylic acids is 2. The summed E-state index contributed by atoms with van der Waals surface area (Å²) >= 11 is 0. The summed E-state index contributed by atoms with van der Waals surface area (Å²) in [7, 11) is 6.99. The average molecular weight is 416 g/mol. The molecule has 7 nitrogen and oxygen atoms in total. The SMILES string of the molecule is CC1CCCCC1NC(=NCC(=O)N(C)C)NCCc1cccc(C(=O)N(C)C)c1. The number of benzene rings is 1. The third kappa shape index (κ3) is 7.35. The van der Waals surface area contributed by atoms with Crippen molar-refractivity contribution in [2.75, 3.05) is 41.3 Å². The molecule has 0 saturated heterocycles. The summed E-state index contributed by atoms with van der Waals surface area (Å²) in [5.41, 5.74) is 1.78. The van der Waals surface area contributed by atoms with E-state index in [0.717, 1.165) is 18.4 Å². The Bertz CT molecular complexity index is 745. The normalized spacial score (nSPS) is 19.2. The van der Waals surface area contributed by atoms with Crippen LogP contribution in [0.2, 0.25) is 0 Å². The lowest BCUT2D eigenvalue weighted by atomic mass is 9.86. The molecule has 1 aliphatic rings. The molecule has 0 aliphatic heterocycles. The lowest BCUT2D eigenvalue weighted by Crippen LogP contribution is -2.48. The molecular weight excluding hydrogens is 378 g/mol. The van der Waals surface area contributed by atoms with Gasteiger partial charge >= 0.3 is 0 Å². The third-order valence-corrected chi connectivity index (χ3v) is 5.59. The van der Waals surface area contributed by atoms with Gasteiger partial charge in [0.15, 0.2) is 5.96 Å². The fourth-order valence-electron chi connectivity index (χ4n) is 3.59. The zero-order valence-corrected chi connectivity index (χ0v) is 19.1. The summed E-state index contributed by atoms with van der Waals surface area (Å²) in [6, 6.07) is 8.09. The first kappa shape index (κ1) is 23.7. The molecule has 1 saturated carbocycles. The summed E-state index contributed by atoms with van der Waals surface area (Å²) in [5, 5.41) is 6.91. The zero-order valence-electron chi connectivity index (χ0n) is 19.1. The minimum Gasteiger partial charge on any atom is -0.356 e. The summed E-state index contributed by atoms with van der Waals surface area (Å²) in [5.74, 6) is 1.25. The number of nitrogens with zero attached hydrogens (tertiary/aromatic N) is 3. The Morgan fingerprint density at radius 2 is 1.83 bits per heavy atom. The Labute approximate surface area is 180 Å². The number of rotatable bonds is 7. The quantitative estimate of drug-likeness (QED) is 0.528. The number of nitrogens with one attached hydrogen (secondary N) is 2. The maximum absolute atomic E-state index is 12.2. The van der Waals surface area contributed by atoms with Crippen molar-refractivity contribution in [1.82, 2.24) is 20.4 Å². The van der Waals surface area contributed by atoms with Gasteiger partial charge in [-0.3, -0.25) is 9.59 Å². The van der Waals surface area contributed by atoms with Gasteiger partial charge in [0.2, 0.25) is 5.91 Å². The van der Waals surface area contributed by atoms with E-state index in [1.54, 1.807) is 38.0 Å². The highest BCUT2D eigenvalue weighted by Crippen LogP contribution is 2.23. The maximum atomic E-state index is 12.2. The Hall–Kier alpha value is -2.57. The van der Waals surface area contributed by atoms with Gasteiger partial charge in [-0.05, 0) is 42.9 Å². The molecule has 0 heterocycles. The highest BCUT2D eigenvalue weighted by Gasteiger charge is 2.22. The first-order chi connectivity index (χ1) is 14.3. The fourth-order valence-corrected chi connectivity index (χ4v) is 3.59. The minimum absolute atomic E-state index is 0.00205. The molecule has 2 unspecified atom stereocenters. The highest BCUT2D eigenvalue weighted by molar-refractivity contribution is 5.94. The molecule has 1 aromatic rings. The van der Waals surface area contributed by atoms with Crippen molar-refractivity contribution < 1.29 is 9.59 Å². The van der Waals surface area contributed by atoms with Gasteiger partial charge in [-0.15, -0.1) is 0 Å². The van der Waals surface area contributed by atoms with E-state index in [1.165, 1.54) is 19.3 Å². The van der Waals surface area contributed by atoms with Gasteiger partial charge in [0.25, 0.3) is 5.91 Å². The molecule has 1 aromatic carbocycles. The lowest BCUT2D eigenvalue weighted by molar-refractivity contribution is -0.127. The van der Waals surface area contributed by atoms with Crippen molar-refractivity contribution in [3.05, 3.63) is 35.4 Å². The number of amides is 2. The number of likely N-dealkylation sites (N-methyl/N-ethyl adjacent to an activating group) is 1. The van der Waals surface area contributed by atoms with E-state index in [2.05, 4.69) is 22.5 Å². The smallest absolute Gasteiger partial charge is 0.253 e. The number of hydrogen-bond acceptors (Lipinski definition) is 3. The van der Waals surface area contributed by atoms with Crippen LogP contribution in [0.5, 0.6) is 0 Å². The van der Waals surface area contributed by atoms with Crippen LogP contribution >= 0.6 is 0 Å². The monoisotopic (exact) mass is 415 g/mol. The third-order valence-electron chi connectivity index (χ3n) is 5.59. The summed E-state index contributed by atoms with van der Waals surface area (Å²) in [6.07, 6.45) is 5.60. The van der Waals surface area contributed by atoms with Crippen LogP contribution in [-0.2, 0) is 11.2 Å². The van der Waals surface area contributed by atoms with Gasteiger partial charge in [0, 0.05) is 46.3 Å². The van der Waals surface area contributed by atoms with E-state index < -0.39 is 0 Å². The molecule has 0 spiro atoms. The Morgan fingerprint density at radius 1 is 1.10 bits per heavy atom. The van der Waals surface area contributed by atoms with E-state index in [4.69, 9.17) is 0 Å². The van der Waals surface area contributed by atoms with Crippen molar-refractivity contribution in [3.8, 4) is 0 Å². The molecule has 30 heavy (non-hydrogen) atoms. The van der Waals surface area contributed by atoms with Crippen LogP contribution in [0, 0.1) is 5.92 Å². The van der Waals surface area contributed by atoms with E-state index in [-0.39, 0.29) is 18.4 Å². The van der Waals surface area contributed by atoms with E-state index in [9.17, 15) is 9.59 Å².